The predicted molar refractivity (Wildman–Crippen MR) is 214 cm³/mol. The van der Waals surface area contributed by atoms with Gasteiger partial charge in [0.2, 0.25) is 0 Å². The van der Waals surface area contributed by atoms with Gasteiger partial charge in [0.05, 0.1) is 11.4 Å². The molecule has 0 aliphatic carbocycles. The standard InChI is InChI=1S/C43H32Cl2N2O2S2/c44-30-15-11-28(12-16-30)36-24-42(50-40-7-3-1-5-34(40)46-36)32-22-26(9-19-38(32)48)21-27-10-20-39(49)33(23-27)43-25-37(29-13-17-31(45)18-14-29)47-35-6-2-4-8-41(35)51-43/h1-20,22-23,42-43,48-49H,21,24-25H2. The smallest absolute Gasteiger partial charge is 0.119 e. The highest BCUT2D eigenvalue weighted by Gasteiger charge is 2.27. The lowest BCUT2D eigenvalue weighted by Crippen LogP contribution is -2.07. The third kappa shape index (κ3) is 7.46. The molecule has 2 aliphatic heterocycles. The molecule has 2 aliphatic rings. The molecule has 51 heavy (non-hydrogen) atoms. The van der Waals surface area contributed by atoms with Gasteiger partial charge in [-0.25, -0.2) is 0 Å². The zero-order valence-electron chi connectivity index (χ0n) is 27.3. The van der Waals surface area contributed by atoms with E-state index in [0.717, 1.165) is 66.0 Å². The van der Waals surface area contributed by atoms with Gasteiger partial charge in [0.15, 0.2) is 0 Å². The number of para-hydroxylation sites is 2. The quantitative estimate of drug-likeness (QED) is 0.178. The van der Waals surface area contributed by atoms with Crippen molar-refractivity contribution in [1.82, 2.24) is 0 Å². The fourth-order valence-electron chi connectivity index (χ4n) is 6.60. The van der Waals surface area contributed by atoms with Gasteiger partial charge in [0, 0.05) is 65.7 Å². The van der Waals surface area contributed by atoms with E-state index in [9.17, 15) is 10.2 Å². The average Bonchev–Trinajstić information content (AvgIpc) is 3.46. The molecule has 0 bridgehead atoms. The molecule has 2 heterocycles. The maximum absolute atomic E-state index is 11.3. The Labute approximate surface area is 315 Å². The number of thioether (sulfide) groups is 2. The molecule has 6 aromatic rings. The fraction of sp³-hybridized carbons (Fsp3) is 0.116. The molecule has 252 valence electrons. The van der Waals surface area contributed by atoms with E-state index in [0.29, 0.717) is 29.3 Å². The molecule has 0 saturated carbocycles. The third-order valence-corrected chi connectivity index (χ3v) is 12.3. The van der Waals surface area contributed by atoms with E-state index >= 15 is 0 Å². The van der Waals surface area contributed by atoms with Gasteiger partial charge >= 0.3 is 0 Å². The van der Waals surface area contributed by atoms with Crippen LogP contribution in [0.1, 0.15) is 56.7 Å². The molecule has 2 unspecified atom stereocenters. The Kier molecular flexibility index (Phi) is 9.67. The summed E-state index contributed by atoms with van der Waals surface area (Å²) in [5, 5.41) is 23.7. The van der Waals surface area contributed by atoms with E-state index < -0.39 is 0 Å². The molecule has 6 aromatic carbocycles. The molecule has 0 spiro atoms. The molecule has 2 N–H and O–H groups in total. The normalized spacial score (nSPS) is 17.0. The Morgan fingerprint density at radius 1 is 0.529 bits per heavy atom. The lowest BCUT2D eigenvalue weighted by molar-refractivity contribution is 0.467. The van der Waals surface area contributed by atoms with Crippen molar-refractivity contribution in [3.8, 4) is 11.5 Å². The van der Waals surface area contributed by atoms with Gasteiger partial charge in [-0.3, -0.25) is 9.98 Å². The van der Waals surface area contributed by atoms with Gasteiger partial charge in [0.25, 0.3) is 0 Å². The van der Waals surface area contributed by atoms with Gasteiger partial charge in [-0.1, -0.05) is 96.0 Å². The monoisotopic (exact) mass is 742 g/mol. The van der Waals surface area contributed by atoms with Crippen LogP contribution in [-0.4, -0.2) is 21.6 Å². The minimum atomic E-state index is -0.0635. The first kappa shape index (κ1) is 33.7. The summed E-state index contributed by atoms with van der Waals surface area (Å²) in [7, 11) is 0. The average molecular weight is 744 g/mol. The second kappa shape index (κ2) is 14.6. The number of benzene rings is 6. The number of rotatable bonds is 6. The van der Waals surface area contributed by atoms with Crippen LogP contribution < -0.4 is 0 Å². The molecule has 8 rings (SSSR count). The van der Waals surface area contributed by atoms with Gasteiger partial charge in [0.1, 0.15) is 11.5 Å². The Bertz CT molecular complexity index is 2140. The Hall–Kier alpha value is -4.46. The van der Waals surface area contributed by atoms with E-state index in [1.807, 2.05) is 97.1 Å². The van der Waals surface area contributed by atoms with E-state index in [1.54, 1.807) is 35.7 Å². The summed E-state index contributed by atoms with van der Waals surface area (Å²) in [4.78, 5) is 12.3. The first-order chi connectivity index (χ1) is 24.9. The van der Waals surface area contributed by atoms with Crippen molar-refractivity contribution < 1.29 is 10.2 Å². The number of phenolic OH excluding ortho intramolecular Hbond substituents is 2. The number of fused-ring (bicyclic) bond motifs is 2. The summed E-state index contributed by atoms with van der Waals surface area (Å²) >= 11 is 15.9. The number of aromatic hydroxyl groups is 2. The zero-order valence-corrected chi connectivity index (χ0v) is 30.5. The molecule has 0 aromatic heterocycles. The molecule has 0 saturated heterocycles. The van der Waals surface area contributed by atoms with E-state index in [1.165, 1.54) is 0 Å². The van der Waals surface area contributed by atoms with E-state index in [2.05, 4.69) is 24.3 Å². The van der Waals surface area contributed by atoms with E-state index in [4.69, 9.17) is 33.2 Å². The van der Waals surface area contributed by atoms with Crippen molar-refractivity contribution in [3.63, 3.8) is 0 Å². The molecule has 0 fully saturated rings. The lowest BCUT2D eigenvalue weighted by atomic mass is 9.95. The fourth-order valence-corrected chi connectivity index (χ4v) is 9.36. The second-order valence-electron chi connectivity index (χ2n) is 12.7. The minimum absolute atomic E-state index is 0.0635. The van der Waals surface area contributed by atoms with Crippen LogP contribution >= 0.6 is 46.7 Å². The number of halogens is 2. The van der Waals surface area contributed by atoms with Crippen LogP contribution in [0.25, 0.3) is 0 Å². The molecule has 8 heteroatoms. The molecular weight excluding hydrogens is 712 g/mol. The largest absolute Gasteiger partial charge is 0.508 e. The number of aliphatic imine (C=N–C) groups is 2. The summed E-state index contributed by atoms with van der Waals surface area (Å²) in [6.07, 6.45) is 1.91. The van der Waals surface area contributed by atoms with Crippen LogP contribution in [-0.2, 0) is 6.42 Å². The summed E-state index contributed by atoms with van der Waals surface area (Å²) in [5.74, 6) is 0.528. The maximum Gasteiger partial charge on any atom is 0.119 e. The second-order valence-corrected chi connectivity index (χ2v) is 16.0. The van der Waals surface area contributed by atoms with Crippen molar-refractivity contribution in [2.24, 2.45) is 9.98 Å². The van der Waals surface area contributed by atoms with Crippen LogP contribution in [0, 0.1) is 0 Å². The number of hydrogen-bond donors (Lipinski definition) is 2. The number of nitrogens with zero attached hydrogens (tertiary/aromatic N) is 2. The summed E-state index contributed by atoms with van der Waals surface area (Å²) in [5.41, 5.74) is 9.65. The predicted octanol–water partition coefficient (Wildman–Crippen LogP) is 12.7. The highest BCUT2D eigenvalue weighted by Crippen LogP contribution is 2.49. The number of hydrogen-bond acceptors (Lipinski definition) is 6. The Morgan fingerprint density at radius 3 is 1.37 bits per heavy atom. The molecule has 0 radical (unpaired) electrons. The summed E-state index contributed by atoms with van der Waals surface area (Å²) in [6, 6.07) is 43.7. The topological polar surface area (TPSA) is 65.2 Å². The minimum Gasteiger partial charge on any atom is -0.508 e. The zero-order chi connectivity index (χ0) is 34.9. The Balaban J connectivity index is 1.10. The van der Waals surface area contributed by atoms with Gasteiger partial charge in [-0.05, 0) is 89.3 Å². The van der Waals surface area contributed by atoms with Crippen molar-refractivity contribution >= 4 is 69.5 Å². The SMILES string of the molecule is Oc1ccc(Cc2ccc(O)c(C3CC(c4ccc(Cl)cc4)=Nc4ccccc4S3)c2)cc1C1CC(c2ccc(Cl)cc2)=Nc2ccccc2S1. The first-order valence-corrected chi connectivity index (χ1v) is 19.2. The van der Waals surface area contributed by atoms with Crippen LogP contribution in [0.4, 0.5) is 11.4 Å². The van der Waals surface area contributed by atoms with Gasteiger partial charge < -0.3 is 10.2 Å². The van der Waals surface area contributed by atoms with Crippen molar-refractivity contribution in [2.45, 2.75) is 39.6 Å². The van der Waals surface area contributed by atoms with Crippen molar-refractivity contribution in [2.75, 3.05) is 0 Å². The van der Waals surface area contributed by atoms with E-state index in [-0.39, 0.29) is 22.0 Å². The van der Waals surface area contributed by atoms with Crippen LogP contribution in [0.5, 0.6) is 11.5 Å². The highest BCUT2D eigenvalue weighted by atomic mass is 35.5. The van der Waals surface area contributed by atoms with Gasteiger partial charge in [-0.15, -0.1) is 23.5 Å². The summed E-state index contributed by atoms with van der Waals surface area (Å²) in [6.45, 7) is 0. The van der Waals surface area contributed by atoms with Crippen LogP contribution in [0.2, 0.25) is 10.0 Å². The Morgan fingerprint density at radius 2 is 0.941 bits per heavy atom. The molecular formula is C43H32Cl2N2O2S2. The lowest BCUT2D eigenvalue weighted by Gasteiger charge is -2.20. The summed E-state index contributed by atoms with van der Waals surface area (Å²) < 4.78 is 0. The molecule has 4 nitrogen and oxygen atoms in total. The van der Waals surface area contributed by atoms with Crippen LogP contribution in [0.3, 0.4) is 0 Å². The number of phenols is 2. The van der Waals surface area contributed by atoms with Crippen LogP contribution in [0.15, 0.2) is 153 Å². The molecule has 2 atom stereocenters. The first-order valence-electron chi connectivity index (χ1n) is 16.7. The molecule has 0 amide bonds. The van der Waals surface area contributed by atoms with Gasteiger partial charge in [-0.2, -0.15) is 0 Å². The highest BCUT2D eigenvalue weighted by molar-refractivity contribution is 8.00. The van der Waals surface area contributed by atoms with Crippen molar-refractivity contribution in [3.05, 3.63) is 177 Å². The third-order valence-electron chi connectivity index (χ3n) is 9.18. The maximum atomic E-state index is 11.3. The van der Waals surface area contributed by atoms with Crippen molar-refractivity contribution in [1.29, 1.82) is 0 Å².